The second kappa shape index (κ2) is 4.67. The van der Waals surface area contributed by atoms with Crippen molar-refractivity contribution >= 4 is 11.9 Å². The zero-order valence-electron chi connectivity index (χ0n) is 11.4. The number of hydrogen-bond acceptors (Lipinski definition) is 3. The molecule has 0 radical (unpaired) electrons. The summed E-state index contributed by atoms with van der Waals surface area (Å²) >= 11 is 0. The van der Waals surface area contributed by atoms with Gasteiger partial charge in [-0.2, -0.15) is 0 Å². The van der Waals surface area contributed by atoms with E-state index < -0.39 is 17.2 Å². The van der Waals surface area contributed by atoms with Crippen LogP contribution in [-0.2, 0) is 9.53 Å². The van der Waals surface area contributed by atoms with Gasteiger partial charge in [-0.05, 0) is 46.5 Å². The van der Waals surface area contributed by atoms with Crippen LogP contribution in [0.3, 0.4) is 0 Å². The molecule has 0 bridgehead atoms. The molecule has 0 aliphatic heterocycles. The number of carbonyl (C=O) groups is 2. The van der Waals surface area contributed by atoms with Crippen molar-refractivity contribution < 1.29 is 14.3 Å². The monoisotopic (exact) mass is 241 g/mol. The molecule has 1 aliphatic rings. The van der Waals surface area contributed by atoms with Gasteiger partial charge in [0.05, 0.1) is 0 Å². The molecule has 0 heterocycles. The molecule has 4 nitrogen and oxygen atoms in total. The molecule has 1 N–H and O–H groups in total. The van der Waals surface area contributed by atoms with Crippen LogP contribution >= 0.6 is 0 Å². The van der Waals surface area contributed by atoms with E-state index in [2.05, 4.69) is 5.32 Å². The van der Waals surface area contributed by atoms with Crippen LogP contribution in [0.25, 0.3) is 0 Å². The molecule has 0 aromatic carbocycles. The first-order valence-electron chi connectivity index (χ1n) is 6.23. The van der Waals surface area contributed by atoms with Crippen molar-refractivity contribution in [3.63, 3.8) is 0 Å². The van der Waals surface area contributed by atoms with Gasteiger partial charge < -0.3 is 10.1 Å². The largest absolute Gasteiger partial charge is 0.444 e. The van der Waals surface area contributed by atoms with E-state index in [1.54, 1.807) is 6.92 Å². The first-order valence-corrected chi connectivity index (χ1v) is 6.23. The Hall–Kier alpha value is -1.06. The summed E-state index contributed by atoms with van der Waals surface area (Å²) in [5.41, 5.74) is -1.29. The van der Waals surface area contributed by atoms with Gasteiger partial charge >= 0.3 is 6.09 Å². The molecule has 4 heteroatoms. The van der Waals surface area contributed by atoms with Crippen LogP contribution in [-0.4, -0.2) is 23.0 Å². The van der Waals surface area contributed by atoms with Gasteiger partial charge in [-0.3, -0.25) is 4.79 Å². The summed E-state index contributed by atoms with van der Waals surface area (Å²) in [6.07, 6.45) is 1.92. The summed E-state index contributed by atoms with van der Waals surface area (Å²) in [5.74, 6) is 0.341. The number of nitrogens with one attached hydrogen (secondary N) is 1. The predicted molar refractivity (Wildman–Crippen MR) is 65.8 cm³/mol. The first-order chi connectivity index (χ1) is 7.69. The Balaban J connectivity index is 2.68. The topological polar surface area (TPSA) is 55.4 Å². The highest BCUT2D eigenvalue weighted by atomic mass is 16.6. The van der Waals surface area contributed by atoms with E-state index in [0.29, 0.717) is 6.42 Å². The highest BCUT2D eigenvalue weighted by molar-refractivity contribution is 5.91. The third kappa shape index (κ3) is 3.72. The summed E-state index contributed by atoms with van der Waals surface area (Å²) in [4.78, 5) is 23.7. The molecule has 0 saturated heterocycles. The lowest BCUT2D eigenvalue weighted by atomic mass is 9.89. The van der Waals surface area contributed by atoms with Crippen molar-refractivity contribution in [2.45, 2.75) is 65.0 Å². The fourth-order valence-electron chi connectivity index (χ4n) is 1.94. The van der Waals surface area contributed by atoms with Crippen molar-refractivity contribution in [2.24, 2.45) is 5.92 Å². The fourth-order valence-corrected chi connectivity index (χ4v) is 1.94. The van der Waals surface area contributed by atoms with Crippen molar-refractivity contribution in [1.29, 1.82) is 0 Å². The van der Waals surface area contributed by atoms with Gasteiger partial charge in [0.1, 0.15) is 11.1 Å². The number of carbonyl (C=O) groups excluding carboxylic acids is 2. The highest BCUT2D eigenvalue weighted by Gasteiger charge is 2.47. The van der Waals surface area contributed by atoms with Crippen LogP contribution in [0, 0.1) is 5.92 Å². The second-order valence-corrected chi connectivity index (χ2v) is 5.88. The minimum Gasteiger partial charge on any atom is -0.444 e. The van der Waals surface area contributed by atoms with Crippen LogP contribution in [0.4, 0.5) is 4.79 Å². The van der Waals surface area contributed by atoms with Crippen molar-refractivity contribution in [3.05, 3.63) is 0 Å². The van der Waals surface area contributed by atoms with Gasteiger partial charge in [0.2, 0.25) is 0 Å². The number of hydrogen-bond donors (Lipinski definition) is 1. The molecule has 1 atom stereocenters. The van der Waals surface area contributed by atoms with E-state index in [-0.39, 0.29) is 11.7 Å². The molecule has 1 saturated carbocycles. The van der Waals surface area contributed by atoms with Crippen LogP contribution in [0.5, 0.6) is 0 Å². The summed E-state index contributed by atoms with van der Waals surface area (Å²) in [6, 6.07) is 0. The van der Waals surface area contributed by atoms with Gasteiger partial charge in [-0.15, -0.1) is 0 Å². The van der Waals surface area contributed by atoms with E-state index >= 15 is 0 Å². The molecular weight excluding hydrogens is 218 g/mol. The lowest BCUT2D eigenvalue weighted by Gasteiger charge is -2.30. The van der Waals surface area contributed by atoms with Gasteiger partial charge in [0.15, 0.2) is 5.78 Å². The molecule has 98 valence electrons. The summed E-state index contributed by atoms with van der Waals surface area (Å²) in [5, 5.41) is 2.75. The van der Waals surface area contributed by atoms with Crippen LogP contribution in [0.15, 0.2) is 0 Å². The third-order valence-corrected chi connectivity index (χ3v) is 3.05. The zero-order valence-corrected chi connectivity index (χ0v) is 11.4. The maximum absolute atomic E-state index is 11.9. The van der Waals surface area contributed by atoms with E-state index in [4.69, 9.17) is 4.74 Å². The number of ether oxygens (including phenoxy) is 1. The average Bonchev–Trinajstić information content (AvgIpc) is 2.95. The van der Waals surface area contributed by atoms with Crippen molar-refractivity contribution in [1.82, 2.24) is 5.32 Å². The Morgan fingerprint density at radius 3 is 2.12 bits per heavy atom. The van der Waals surface area contributed by atoms with Crippen molar-refractivity contribution in [2.75, 3.05) is 0 Å². The molecule has 1 unspecified atom stereocenters. The lowest BCUT2D eigenvalue weighted by molar-refractivity contribution is -0.125. The Labute approximate surface area is 103 Å². The van der Waals surface area contributed by atoms with Gasteiger partial charge in [-0.25, -0.2) is 4.79 Å². The normalized spacial score (nSPS) is 19.4. The smallest absolute Gasteiger partial charge is 0.408 e. The molecule has 0 aromatic rings. The summed E-state index contributed by atoms with van der Waals surface area (Å²) in [6.45, 7) is 9.05. The van der Waals surface area contributed by atoms with E-state index in [0.717, 1.165) is 12.8 Å². The quantitative estimate of drug-likeness (QED) is 0.823. The van der Waals surface area contributed by atoms with Crippen LogP contribution in [0.1, 0.15) is 53.9 Å². The Bertz CT molecular complexity index is 315. The third-order valence-electron chi connectivity index (χ3n) is 3.05. The van der Waals surface area contributed by atoms with Crippen LogP contribution < -0.4 is 5.32 Å². The van der Waals surface area contributed by atoms with E-state index in [1.807, 2.05) is 27.7 Å². The van der Waals surface area contributed by atoms with E-state index in [9.17, 15) is 9.59 Å². The number of rotatable bonds is 4. The fraction of sp³-hybridized carbons (Fsp3) is 0.846. The number of amides is 1. The zero-order chi connectivity index (χ0) is 13.3. The van der Waals surface area contributed by atoms with Crippen LogP contribution in [0.2, 0.25) is 0 Å². The standard InChI is InChI=1S/C13H23NO3/c1-6-10(15)13(5,9-7-8-9)14-11(16)17-12(2,3)4/h9H,6-8H2,1-5H3,(H,14,16). The Kier molecular flexibility index (Phi) is 3.84. The van der Waals surface area contributed by atoms with Crippen molar-refractivity contribution in [3.8, 4) is 0 Å². The maximum Gasteiger partial charge on any atom is 0.408 e. The number of Topliss-reactive ketones (excluding diaryl/α,β-unsaturated/α-hetero) is 1. The molecule has 17 heavy (non-hydrogen) atoms. The first kappa shape index (κ1) is 14.0. The minimum atomic E-state index is -0.753. The van der Waals surface area contributed by atoms with Gasteiger partial charge in [-0.1, -0.05) is 6.92 Å². The summed E-state index contributed by atoms with van der Waals surface area (Å²) in [7, 11) is 0. The molecule has 1 rings (SSSR count). The Morgan fingerprint density at radius 2 is 1.76 bits per heavy atom. The molecular formula is C13H23NO3. The summed E-state index contributed by atoms with van der Waals surface area (Å²) < 4.78 is 5.20. The van der Waals surface area contributed by atoms with Gasteiger partial charge in [0.25, 0.3) is 0 Å². The number of ketones is 1. The molecule has 1 fully saturated rings. The lowest BCUT2D eigenvalue weighted by Crippen LogP contribution is -2.54. The minimum absolute atomic E-state index is 0.0749. The SMILES string of the molecule is CCC(=O)C(C)(NC(=O)OC(C)(C)C)C1CC1. The maximum atomic E-state index is 11.9. The molecule has 1 amide bonds. The molecule has 0 spiro atoms. The second-order valence-electron chi connectivity index (χ2n) is 5.88. The molecule has 1 aliphatic carbocycles. The number of alkyl carbamates (subject to hydrolysis) is 1. The molecule has 0 aromatic heterocycles. The average molecular weight is 241 g/mol. The Morgan fingerprint density at radius 1 is 1.24 bits per heavy atom. The van der Waals surface area contributed by atoms with Gasteiger partial charge in [0, 0.05) is 6.42 Å². The van der Waals surface area contributed by atoms with E-state index in [1.165, 1.54) is 0 Å². The highest BCUT2D eigenvalue weighted by Crippen LogP contribution is 2.40. The predicted octanol–water partition coefficient (Wildman–Crippen LogP) is 2.66.